The lowest BCUT2D eigenvalue weighted by atomic mass is 9.91. The summed E-state index contributed by atoms with van der Waals surface area (Å²) in [7, 11) is 0. The minimum Gasteiger partial charge on any atom is -0.330 e. The van der Waals surface area contributed by atoms with E-state index < -0.39 is 0 Å². The number of aromatic nitrogens is 1. The second kappa shape index (κ2) is 4.83. The van der Waals surface area contributed by atoms with Gasteiger partial charge in [0.05, 0.1) is 0 Å². The highest BCUT2D eigenvalue weighted by Gasteiger charge is 2.42. The minimum absolute atomic E-state index is 0.464. The number of hydrogen-bond donors (Lipinski definition) is 1. The van der Waals surface area contributed by atoms with Crippen LogP contribution in [0.25, 0.3) is 10.8 Å². The van der Waals surface area contributed by atoms with Gasteiger partial charge in [-0.05, 0) is 49.2 Å². The summed E-state index contributed by atoms with van der Waals surface area (Å²) in [5, 5.41) is 2.59. The molecule has 2 aliphatic rings. The van der Waals surface area contributed by atoms with E-state index in [4.69, 9.17) is 5.73 Å². The maximum Gasteiger partial charge on any atom is 0.0413 e. The van der Waals surface area contributed by atoms with Crippen LogP contribution in [0.15, 0.2) is 36.7 Å². The number of benzene rings is 1. The summed E-state index contributed by atoms with van der Waals surface area (Å²) in [5.41, 5.74) is 7.42. The van der Waals surface area contributed by atoms with E-state index >= 15 is 0 Å². The maximum atomic E-state index is 6.04. The first-order valence-electron chi connectivity index (χ1n) is 7.67. The molecular formula is C17H21N3. The Balaban J connectivity index is 1.83. The van der Waals surface area contributed by atoms with Gasteiger partial charge in [-0.2, -0.15) is 0 Å². The van der Waals surface area contributed by atoms with Crippen LogP contribution in [0, 0.1) is 5.92 Å². The van der Waals surface area contributed by atoms with Gasteiger partial charge in [-0.25, -0.2) is 0 Å². The van der Waals surface area contributed by atoms with Crippen molar-refractivity contribution in [1.82, 2.24) is 9.88 Å². The molecule has 2 fully saturated rings. The molecule has 0 radical (unpaired) electrons. The molecule has 1 aromatic heterocycles. The van der Waals surface area contributed by atoms with E-state index in [0.29, 0.717) is 12.0 Å². The largest absolute Gasteiger partial charge is 0.330 e. The third-order valence-electron chi connectivity index (χ3n) is 4.90. The normalized spacial score (nSPS) is 27.2. The first kappa shape index (κ1) is 12.3. The van der Waals surface area contributed by atoms with Crippen molar-refractivity contribution in [2.24, 2.45) is 11.7 Å². The Labute approximate surface area is 119 Å². The third-order valence-corrected chi connectivity index (χ3v) is 4.90. The van der Waals surface area contributed by atoms with Crippen molar-refractivity contribution in [3.63, 3.8) is 0 Å². The minimum atomic E-state index is 0.464. The average molecular weight is 267 g/mol. The molecule has 0 amide bonds. The SMILES string of the molecule is NCC1CCN(C2CC2)C1c1cncc2ccccc12. The number of hydrogen-bond acceptors (Lipinski definition) is 3. The van der Waals surface area contributed by atoms with E-state index in [-0.39, 0.29) is 0 Å². The molecule has 104 valence electrons. The molecule has 4 rings (SSSR count). The van der Waals surface area contributed by atoms with Gasteiger partial charge in [0.25, 0.3) is 0 Å². The Kier molecular flexibility index (Phi) is 2.97. The van der Waals surface area contributed by atoms with E-state index in [0.717, 1.165) is 12.6 Å². The summed E-state index contributed by atoms with van der Waals surface area (Å²) < 4.78 is 0. The van der Waals surface area contributed by atoms with Crippen LogP contribution in [0.3, 0.4) is 0 Å². The van der Waals surface area contributed by atoms with Crippen LogP contribution in [0.1, 0.15) is 30.9 Å². The van der Waals surface area contributed by atoms with Gasteiger partial charge < -0.3 is 5.73 Å². The van der Waals surface area contributed by atoms with Crippen LogP contribution in [0.2, 0.25) is 0 Å². The standard InChI is InChI=1S/C17H21N3/c18-9-12-7-8-20(14-5-6-14)17(12)16-11-19-10-13-3-1-2-4-15(13)16/h1-4,10-12,14,17H,5-9,18H2. The maximum absolute atomic E-state index is 6.04. The van der Waals surface area contributed by atoms with Crippen LogP contribution in [0.5, 0.6) is 0 Å². The molecule has 3 heteroatoms. The molecule has 0 spiro atoms. The fourth-order valence-corrected chi connectivity index (χ4v) is 3.75. The van der Waals surface area contributed by atoms with Crippen molar-refractivity contribution in [2.45, 2.75) is 31.3 Å². The molecule has 2 atom stereocenters. The Morgan fingerprint density at radius 3 is 2.80 bits per heavy atom. The van der Waals surface area contributed by atoms with Gasteiger partial charge in [0.15, 0.2) is 0 Å². The van der Waals surface area contributed by atoms with Gasteiger partial charge in [-0.1, -0.05) is 24.3 Å². The predicted octanol–water partition coefficient (Wildman–Crippen LogP) is 2.72. The highest BCUT2D eigenvalue weighted by molar-refractivity contribution is 5.85. The molecular weight excluding hydrogens is 246 g/mol. The summed E-state index contributed by atoms with van der Waals surface area (Å²) in [5.74, 6) is 0.572. The summed E-state index contributed by atoms with van der Waals surface area (Å²) in [6.07, 6.45) is 7.96. The van der Waals surface area contributed by atoms with Crippen LogP contribution >= 0.6 is 0 Å². The van der Waals surface area contributed by atoms with Crippen LogP contribution in [-0.2, 0) is 0 Å². The van der Waals surface area contributed by atoms with Gasteiger partial charge >= 0.3 is 0 Å². The lowest BCUT2D eigenvalue weighted by molar-refractivity contribution is 0.221. The van der Waals surface area contributed by atoms with Crippen LogP contribution < -0.4 is 5.73 Å². The van der Waals surface area contributed by atoms with E-state index in [2.05, 4.69) is 40.3 Å². The van der Waals surface area contributed by atoms with Crippen molar-refractivity contribution >= 4 is 10.8 Å². The lowest BCUT2D eigenvalue weighted by Crippen LogP contribution is -2.30. The quantitative estimate of drug-likeness (QED) is 0.929. The molecule has 0 bridgehead atoms. The zero-order valence-electron chi connectivity index (χ0n) is 11.7. The zero-order chi connectivity index (χ0) is 13.5. The molecule has 2 aromatic rings. The number of fused-ring (bicyclic) bond motifs is 1. The average Bonchev–Trinajstić information content (AvgIpc) is 3.26. The fraction of sp³-hybridized carbons (Fsp3) is 0.471. The molecule has 3 nitrogen and oxygen atoms in total. The molecule has 20 heavy (non-hydrogen) atoms. The van der Waals surface area contributed by atoms with Gasteiger partial charge in [0, 0.05) is 29.9 Å². The molecule has 2 heterocycles. The number of rotatable bonds is 3. The number of nitrogens with zero attached hydrogens (tertiary/aromatic N) is 2. The fourth-order valence-electron chi connectivity index (χ4n) is 3.75. The first-order valence-corrected chi connectivity index (χ1v) is 7.67. The van der Waals surface area contributed by atoms with E-state index in [1.807, 2.05) is 6.20 Å². The highest BCUT2D eigenvalue weighted by atomic mass is 15.2. The van der Waals surface area contributed by atoms with E-state index in [9.17, 15) is 0 Å². The zero-order valence-corrected chi connectivity index (χ0v) is 11.7. The predicted molar refractivity (Wildman–Crippen MR) is 81.4 cm³/mol. The molecule has 2 unspecified atom stereocenters. The Bertz CT molecular complexity index is 615. The molecule has 2 N–H and O–H groups in total. The number of nitrogens with two attached hydrogens (primary N) is 1. The summed E-state index contributed by atoms with van der Waals surface area (Å²) in [6, 6.07) is 9.84. The Morgan fingerprint density at radius 1 is 1.15 bits per heavy atom. The lowest BCUT2D eigenvalue weighted by Gasteiger charge is -2.29. The summed E-state index contributed by atoms with van der Waals surface area (Å²) >= 11 is 0. The Hall–Kier alpha value is -1.45. The van der Waals surface area contributed by atoms with E-state index in [1.165, 1.54) is 42.1 Å². The van der Waals surface area contributed by atoms with Gasteiger partial charge in [0.2, 0.25) is 0 Å². The molecule has 1 aromatic carbocycles. The summed E-state index contributed by atoms with van der Waals surface area (Å²) in [6.45, 7) is 1.97. The monoisotopic (exact) mass is 267 g/mol. The second-order valence-corrected chi connectivity index (χ2v) is 6.15. The van der Waals surface area contributed by atoms with Gasteiger partial charge in [-0.3, -0.25) is 9.88 Å². The molecule has 1 saturated carbocycles. The molecule has 1 saturated heterocycles. The van der Waals surface area contributed by atoms with Crippen LogP contribution in [-0.4, -0.2) is 29.0 Å². The highest BCUT2D eigenvalue weighted by Crippen LogP contribution is 2.45. The second-order valence-electron chi connectivity index (χ2n) is 6.15. The van der Waals surface area contributed by atoms with Crippen molar-refractivity contribution in [1.29, 1.82) is 0 Å². The smallest absolute Gasteiger partial charge is 0.0413 e. The number of likely N-dealkylation sites (tertiary alicyclic amines) is 1. The third kappa shape index (κ3) is 1.93. The Morgan fingerprint density at radius 2 is 2.00 bits per heavy atom. The van der Waals surface area contributed by atoms with Gasteiger partial charge in [0.1, 0.15) is 0 Å². The summed E-state index contributed by atoms with van der Waals surface area (Å²) in [4.78, 5) is 7.15. The van der Waals surface area contributed by atoms with Crippen molar-refractivity contribution in [3.8, 4) is 0 Å². The van der Waals surface area contributed by atoms with Crippen molar-refractivity contribution in [3.05, 3.63) is 42.2 Å². The van der Waals surface area contributed by atoms with Crippen molar-refractivity contribution < 1.29 is 0 Å². The molecule has 1 aliphatic heterocycles. The number of pyridine rings is 1. The van der Waals surface area contributed by atoms with Gasteiger partial charge in [-0.15, -0.1) is 0 Å². The van der Waals surface area contributed by atoms with E-state index in [1.54, 1.807) is 0 Å². The topological polar surface area (TPSA) is 42.1 Å². The molecule has 1 aliphatic carbocycles. The van der Waals surface area contributed by atoms with Crippen molar-refractivity contribution in [2.75, 3.05) is 13.1 Å². The van der Waals surface area contributed by atoms with Crippen LogP contribution in [0.4, 0.5) is 0 Å². The first-order chi connectivity index (χ1) is 9.88.